The molecule has 0 atom stereocenters. The SMILES string of the molecule is O=C(c1ccc(-c2ccncn2)cc1)N1CCN(S(=O)(=O)c2ccc3cc(Cl)ccc3c2)CC1. The number of amides is 1. The number of fused-ring (bicyclic) bond motifs is 1. The second kappa shape index (κ2) is 9.13. The third-order valence-electron chi connectivity index (χ3n) is 5.95. The summed E-state index contributed by atoms with van der Waals surface area (Å²) in [4.78, 5) is 23.0. The van der Waals surface area contributed by atoms with E-state index in [9.17, 15) is 13.2 Å². The van der Waals surface area contributed by atoms with Gasteiger partial charge in [0.15, 0.2) is 0 Å². The molecule has 9 heteroatoms. The van der Waals surface area contributed by atoms with Gasteiger partial charge in [-0.3, -0.25) is 4.79 Å². The third-order valence-corrected chi connectivity index (χ3v) is 8.08. The lowest BCUT2D eigenvalue weighted by Crippen LogP contribution is -2.50. The molecule has 1 aliphatic rings. The molecule has 0 spiro atoms. The lowest BCUT2D eigenvalue weighted by molar-refractivity contribution is 0.0698. The number of benzene rings is 3. The van der Waals surface area contributed by atoms with E-state index in [2.05, 4.69) is 9.97 Å². The molecule has 1 fully saturated rings. The Balaban J connectivity index is 1.27. The molecule has 1 amide bonds. The molecule has 0 radical (unpaired) electrons. The van der Waals surface area contributed by atoms with Crippen LogP contribution in [0, 0.1) is 0 Å². The Labute approximate surface area is 202 Å². The lowest BCUT2D eigenvalue weighted by atomic mass is 10.1. The molecule has 5 rings (SSSR count). The van der Waals surface area contributed by atoms with Gasteiger partial charge in [0, 0.05) is 48.5 Å². The molecular formula is C25H21ClN4O3S. The van der Waals surface area contributed by atoms with Gasteiger partial charge in [-0.05, 0) is 53.2 Å². The second-order valence-corrected chi connectivity index (χ2v) is 10.4. The normalized spacial score (nSPS) is 14.9. The summed E-state index contributed by atoms with van der Waals surface area (Å²) in [7, 11) is -3.66. The molecule has 7 nitrogen and oxygen atoms in total. The number of halogens is 1. The summed E-state index contributed by atoms with van der Waals surface area (Å²) in [6.07, 6.45) is 3.15. The van der Waals surface area contributed by atoms with Gasteiger partial charge in [-0.2, -0.15) is 4.31 Å². The van der Waals surface area contributed by atoms with Crippen molar-refractivity contribution in [2.45, 2.75) is 4.90 Å². The highest BCUT2D eigenvalue weighted by Crippen LogP contribution is 2.25. The van der Waals surface area contributed by atoms with Gasteiger partial charge in [-0.1, -0.05) is 35.9 Å². The van der Waals surface area contributed by atoms with Crippen molar-refractivity contribution in [1.29, 1.82) is 0 Å². The number of hydrogen-bond donors (Lipinski definition) is 0. The van der Waals surface area contributed by atoms with Crippen LogP contribution >= 0.6 is 11.6 Å². The van der Waals surface area contributed by atoms with Crippen LogP contribution < -0.4 is 0 Å². The van der Waals surface area contributed by atoms with Crippen LogP contribution in [0.25, 0.3) is 22.0 Å². The van der Waals surface area contributed by atoms with E-state index < -0.39 is 10.0 Å². The summed E-state index contributed by atoms with van der Waals surface area (Å²) in [5.74, 6) is -0.117. The van der Waals surface area contributed by atoms with Crippen LogP contribution in [-0.2, 0) is 10.0 Å². The minimum Gasteiger partial charge on any atom is -0.336 e. The van der Waals surface area contributed by atoms with E-state index in [1.54, 1.807) is 59.6 Å². The highest BCUT2D eigenvalue weighted by atomic mass is 35.5. The molecule has 0 bridgehead atoms. The Hall–Kier alpha value is -3.33. The van der Waals surface area contributed by atoms with Crippen LogP contribution in [0.1, 0.15) is 10.4 Å². The highest BCUT2D eigenvalue weighted by molar-refractivity contribution is 7.89. The molecule has 34 heavy (non-hydrogen) atoms. The van der Waals surface area contributed by atoms with Gasteiger partial charge >= 0.3 is 0 Å². The van der Waals surface area contributed by atoms with E-state index in [0.717, 1.165) is 22.0 Å². The van der Waals surface area contributed by atoms with Crippen molar-refractivity contribution in [3.8, 4) is 11.3 Å². The Morgan fingerprint density at radius 1 is 0.853 bits per heavy atom. The molecule has 0 N–H and O–H groups in total. The predicted molar refractivity (Wildman–Crippen MR) is 131 cm³/mol. The molecule has 1 saturated heterocycles. The molecule has 172 valence electrons. The maximum atomic E-state index is 13.2. The van der Waals surface area contributed by atoms with Crippen molar-refractivity contribution in [2.24, 2.45) is 0 Å². The molecule has 0 unspecified atom stereocenters. The number of carbonyl (C=O) groups is 1. The molecular weight excluding hydrogens is 472 g/mol. The average Bonchev–Trinajstić information content (AvgIpc) is 2.88. The van der Waals surface area contributed by atoms with Gasteiger partial charge in [0.05, 0.1) is 10.6 Å². The largest absolute Gasteiger partial charge is 0.336 e. The van der Waals surface area contributed by atoms with Crippen molar-refractivity contribution in [3.05, 3.63) is 89.8 Å². The molecule has 1 aromatic heterocycles. The van der Waals surface area contributed by atoms with Gasteiger partial charge in [0.25, 0.3) is 5.91 Å². The fraction of sp³-hybridized carbons (Fsp3) is 0.160. The fourth-order valence-electron chi connectivity index (χ4n) is 4.06. The third kappa shape index (κ3) is 4.40. The summed E-state index contributed by atoms with van der Waals surface area (Å²) < 4.78 is 27.8. The van der Waals surface area contributed by atoms with E-state index >= 15 is 0 Å². The van der Waals surface area contributed by atoms with Crippen molar-refractivity contribution in [2.75, 3.05) is 26.2 Å². The summed E-state index contributed by atoms with van der Waals surface area (Å²) in [5.41, 5.74) is 2.24. The van der Waals surface area contributed by atoms with Gasteiger partial charge in [-0.15, -0.1) is 0 Å². The van der Waals surface area contributed by atoms with Crippen LogP contribution in [0.2, 0.25) is 5.02 Å². The first-order chi connectivity index (χ1) is 16.4. The van der Waals surface area contributed by atoms with Gasteiger partial charge in [0.2, 0.25) is 10.0 Å². The van der Waals surface area contributed by atoms with Gasteiger partial charge in [-0.25, -0.2) is 18.4 Å². The first-order valence-electron chi connectivity index (χ1n) is 10.8. The quantitative estimate of drug-likeness (QED) is 0.428. The van der Waals surface area contributed by atoms with Crippen molar-refractivity contribution in [3.63, 3.8) is 0 Å². The van der Waals surface area contributed by atoms with E-state index in [1.807, 2.05) is 18.2 Å². The Morgan fingerprint density at radius 3 is 2.26 bits per heavy atom. The lowest BCUT2D eigenvalue weighted by Gasteiger charge is -2.34. The number of hydrogen-bond acceptors (Lipinski definition) is 5. The van der Waals surface area contributed by atoms with Crippen LogP contribution in [0.15, 0.2) is 84.1 Å². The molecule has 3 aromatic carbocycles. The van der Waals surface area contributed by atoms with Crippen LogP contribution in [-0.4, -0.2) is 59.7 Å². The molecule has 1 aliphatic heterocycles. The standard InChI is InChI=1S/C25H21ClN4O3S/c26-22-7-5-21-16-23(8-6-20(21)15-22)34(32,33)30-13-11-29(12-14-30)25(31)19-3-1-18(2-4-19)24-9-10-27-17-28-24/h1-10,15-17H,11-14H2. The number of nitrogens with zero attached hydrogens (tertiary/aromatic N) is 4. The number of piperazine rings is 1. The Bertz CT molecular complexity index is 1450. The first kappa shape index (κ1) is 22.5. The number of aromatic nitrogens is 2. The first-order valence-corrected chi connectivity index (χ1v) is 12.6. The van der Waals surface area contributed by atoms with Crippen LogP contribution in [0.4, 0.5) is 0 Å². The minimum absolute atomic E-state index is 0.117. The van der Waals surface area contributed by atoms with E-state index in [1.165, 1.54) is 10.6 Å². The van der Waals surface area contributed by atoms with Crippen molar-refractivity contribution in [1.82, 2.24) is 19.2 Å². The molecule has 0 saturated carbocycles. The molecule has 4 aromatic rings. The molecule has 0 aliphatic carbocycles. The zero-order chi connectivity index (χ0) is 23.7. The zero-order valence-corrected chi connectivity index (χ0v) is 19.7. The number of carbonyl (C=O) groups excluding carboxylic acids is 1. The topological polar surface area (TPSA) is 83.5 Å². The summed E-state index contributed by atoms with van der Waals surface area (Å²) >= 11 is 6.03. The maximum absolute atomic E-state index is 13.2. The fourth-order valence-corrected chi connectivity index (χ4v) is 5.70. The Morgan fingerprint density at radius 2 is 1.56 bits per heavy atom. The number of rotatable bonds is 4. The summed E-state index contributed by atoms with van der Waals surface area (Å²) in [6, 6.07) is 19.4. The minimum atomic E-state index is -3.66. The average molecular weight is 493 g/mol. The van der Waals surface area contributed by atoms with E-state index in [-0.39, 0.29) is 23.9 Å². The van der Waals surface area contributed by atoms with Crippen LogP contribution in [0.5, 0.6) is 0 Å². The highest BCUT2D eigenvalue weighted by Gasteiger charge is 2.30. The monoisotopic (exact) mass is 492 g/mol. The summed E-state index contributed by atoms with van der Waals surface area (Å²) in [5, 5.41) is 2.30. The van der Waals surface area contributed by atoms with Crippen molar-refractivity contribution >= 4 is 38.3 Å². The van der Waals surface area contributed by atoms with Gasteiger partial charge in [0.1, 0.15) is 6.33 Å². The van der Waals surface area contributed by atoms with Crippen LogP contribution in [0.3, 0.4) is 0 Å². The summed E-state index contributed by atoms with van der Waals surface area (Å²) in [6.45, 7) is 1.14. The van der Waals surface area contributed by atoms with E-state index in [4.69, 9.17) is 11.6 Å². The van der Waals surface area contributed by atoms with Gasteiger partial charge < -0.3 is 4.90 Å². The molecule has 2 heterocycles. The smallest absolute Gasteiger partial charge is 0.253 e. The van der Waals surface area contributed by atoms with Crippen molar-refractivity contribution < 1.29 is 13.2 Å². The Kier molecular flexibility index (Phi) is 6.03. The predicted octanol–water partition coefficient (Wildman–Crippen LogP) is 4.10. The number of sulfonamides is 1. The second-order valence-electron chi connectivity index (χ2n) is 8.02. The maximum Gasteiger partial charge on any atom is 0.253 e. The zero-order valence-electron chi connectivity index (χ0n) is 18.1. The van der Waals surface area contributed by atoms with E-state index in [0.29, 0.717) is 23.7 Å².